The van der Waals surface area contributed by atoms with Gasteiger partial charge in [0.2, 0.25) is 0 Å². The van der Waals surface area contributed by atoms with Gasteiger partial charge in [-0.05, 0) is 44.6 Å². The molecule has 1 saturated heterocycles. The molecule has 1 aliphatic rings. The minimum absolute atomic E-state index is 0.0150. The molecule has 1 aromatic rings. The number of hydrogen-bond acceptors (Lipinski definition) is 5. The first kappa shape index (κ1) is 15.9. The average Bonchev–Trinajstić information content (AvgIpc) is 2.67. The van der Waals surface area contributed by atoms with Gasteiger partial charge in [-0.3, -0.25) is 14.6 Å². The number of phenolic OH excluding ortho intramolecular Hbond substituents is 1. The fourth-order valence-electron chi connectivity index (χ4n) is 2.72. The highest BCUT2D eigenvalue weighted by molar-refractivity contribution is 5.94. The van der Waals surface area contributed by atoms with E-state index in [1.165, 1.54) is 6.92 Å². The van der Waals surface area contributed by atoms with Gasteiger partial charge in [-0.2, -0.15) is 0 Å². The van der Waals surface area contributed by atoms with Gasteiger partial charge >= 0.3 is 0 Å². The van der Waals surface area contributed by atoms with Crippen molar-refractivity contribution in [1.82, 2.24) is 9.80 Å². The highest BCUT2D eigenvalue weighted by atomic mass is 16.3. The van der Waals surface area contributed by atoms with Crippen molar-refractivity contribution in [2.45, 2.75) is 19.9 Å². The van der Waals surface area contributed by atoms with Crippen LogP contribution in [0.3, 0.4) is 0 Å². The predicted octanol–water partition coefficient (Wildman–Crippen LogP) is 1.09. The summed E-state index contributed by atoms with van der Waals surface area (Å²) in [7, 11) is 0. The first-order chi connectivity index (χ1) is 10.1. The normalized spacial score (nSPS) is 17.6. The molecule has 0 atom stereocenters. The summed E-state index contributed by atoms with van der Waals surface area (Å²) >= 11 is 0. The topological polar surface area (TPSA) is 64.0 Å². The monoisotopic (exact) mass is 292 g/mol. The number of β-amino-alcohol motifs (C(OH)–C–C–N with tert-alkyl or cyclic N) is 1. The Labute approximate surface area is 125 Å². The molecule has 0 bridgehead atoms. The first-order valence-electron chi connectivity index (χ1n) is 7.48. The lowest BCUT2D eigenvalue weighted by atomic mass is 10.1. The van der Waals surface area contributed by atoms with E-state index in [0.717, 1.165) is 44.7 Å². The summed E-state index contributed by atoms with van der Waals surface area (Å²) in [6.07, 6.45) is 1.05. The molecule has 116 valence electrons. The first-order valence-corrected chi connectivity index (χ1v) is 7.48. The molecule has 0 unspecified atom stereocenters. The molecule has 0 saturated carbocycles. The lowest BCUT2D eigenvalue weighted by Gasteiger charge is -2.21. The number of phenols is 1. The third-order valence-corrected chi connectivity index (χ3v) is 3.98. The maximum absolute atomic E-state index is 11.4. The van der Waals surface area contributed by atoms with Gasteiger partial charge in [0, 0.05) is 37.3 Å². The number of aliphatic hydroxyl groups excluding tert-OH is 1. The van der Waals surface area contributed by atoms with Gasteiger partial charge in [-0.25, -0.2) is 0 Å². The van der Waals surface area contributed by atoms with Crippen molar-refractivity contribution < 1.29 is 15.0 Å². The summed E-state index contributed by atoms with van der Waals surface area (Å²) in [4.78, 5) is 16.0. The van der Waals surface area contributed by atoms with E-state index in [4.69, 9.17) is 5.11 Å². The standard InChI is InChI=1S/C16H24N2O3/c1-13(20)14-3-4-16(21)15(11-14)12-18-6-2-5-17(7-8-18)9-10-19/h3-4,11,19,21H,2,5-10,12H2,1H3. The quantitative estimate of drug-likeness (QED) is 0.796. The molecule has 0 aliphatic carbocycles. The van der Waals surface area contributed by atoms with Gasteiger partial charge in [0.1, 0.15) is 5.75 Å². The zero-order chi connectivity index (χ0) is 15.2. The molecule has 5 nitrogen and oxygen atoms in total. The molecule has 2 rings (SSSR count). The summed E-state index contributed by atoms with van der Waals surface area (Å²) in [5, 5.41) is 19.0. The Hall–Kier alpha value is -1.43. The van der Waals surface area contributed by atoms with E-state index in [0.29, 0.717) is 12.1 Å². The smallest absolute Gasteiger partial charge is 0.159 e. The summed E-state index contributed by atoms with van der Waals surface area (Å²) in [5.74, 6) is 0.262. The lowest BCUT2D eigenvalue weighted by molar-refractivity contribution is 0.101. The number of hydrogen-bond donors (Lipinski definition) is 2. The van der Waals surface area contributed by atoms with Crippen molar-refractivity contribution in [3.63, 3.8) is 0 Å². The number of aromatic hydroxyl groups is 1. The molecule has 1 aliphatic heterocycles. The van der Waals surface area contributed by atoms with Crippen LogP contribution >= 0.6 is 0 Å². The Balaban J connectivity index is 2.01. The van der Waals surface area contributed by atoms with Gasteiger partial charge in [0.15, 0.2) is 5.78 Å². The van der Waals surface area contributed by atoms with Crippen LogP contribution < -0.4 is 0 Å². The van der Waals surface area contributed by atoms with Crippen LogP contribution in [0, 0.1) is 0 Å². The number of Topliss-reactive ketones (excluding diaryl/α,β-unsaturated/α-hetero) is 1. The zero-order valence-corrected chi connectivity index (χ0v) is 12.6. The maximum Gasteiger partial charge on any atom is 0.159 e. The van der Waals surface area contributed by atoms with E-state index >= 15 is 0 Å². The number of aliphatic hydroxyl groups is 1. The molecule has 2 N–H and O–H groups in total. The zero-order valence-electron chi connectivity index (χ0n) is 12.6. The fraction of sp³-hybridized carbons (Fsp3) is 0.562. The van der Waals surface area contributed by atoms with Crippen molar-refractivity contribution >= 4 is 5.78 Å². The van der Waals surface area contributed by atoms with E-state index in [1.807, 2.05) is 0 Å². The van der Waals surface area contributed by atoms with Crippen molar-refractivity contribution in [1.29, 1.82) is 0 Å². The number of nitrogens with zero attached hydrogens (tertiary/aromatic N) is 2. The molecular formula is C16H24N2O3. The van der Waals surface area contributed by atoms with Crippen LogP contribution in [0.15, 0.2) is 18.2 Å². The largest absolute Gasteiger partial charge is 0.508 e. The number of ketones is 1. The second-order valence-electron chi connectivity index (χ2n) is 5.59. The second-order valence-corrected chi connectivity index (χ2v) is 5.59. The van der Waals surface area contributed by atoms with Crippen LogP contribution in [0.25, 0.3) is 0 Å². The fourth-order valence-corrected chi connectivity index (χ4v) is 2.72. The summed E-state index contributed by atoms with van der Waals surface area (Å²) in [5.41, 5.74) is 1.44. The van der Waals surface area contributed by atoms with E-state index in [-0.39, 0.29) is 18.1 Å². The number of benzene rings is 1. The molecule has 5 heteroatoms. The Morgan fingerprint density at radius 2 is 1.90 bits per heavy atom. The lowest BCUT2D eigenvalue weighted by Crippen LogP contribution is -2.32. The number of carbonyl (C=O) groups excluding carboxylic acids is 1. The van der Waals surface area contributed by atoms with Crippen molar-refractivity contribution in [2.75, 3.05) is 39.3 Å². The number of rotatable bonds is 5. The van der Waals surface area contributed by atoms with E-state index in [2.05, 4.69) is 9.80 Å². The van der Waals surface area contributed by atoms with E-state index in [9.17, 15) is 9.90 Å². The van der Waals surface area contributed by atoms with Gasteiger partial charge in [-0.1, -0.05) is 0 Å². The maximum atomic E-state index is 11.4. The van der Waals surface area contributed by atoms with Crippen molar-refractivity contribution in [3.8, 4) is 5.75 Å². The van der Waals surface area contributed by atoms with Crippen LogP contribution in [0.1, 0.15) is 29.3 Å². The van der Waals surface area contributed by atoms with Crippen LogP contribution in [0.2, 0.25) is 0 Å². The molecule has 0 amide bonds. The average molecular weight is 292 g/mol. The van der Waals surface area contributed by atoms with Crippen LogP contribution in [-0.2, 0) is 6.54 Å². The molecule has 0 radical (unpaired) electrons. The Kier molecular flexibility index (Phi) is 5.73. The van der Waals surface area contributed by atoms with Crippen LogP contribution in [-0.4, -0.2) is 65.1 Å². The summed E-state index contributed by atoms with van der Waals surface area (Å²) in [6, 6.07) is 5.04. The Morgan fingerprint density at radius 1 is 1.19 bits per heavy atom. The Morgan fingerprint density at radius 3 is 2.62 bits per heavy atom. The van der Waals surface area contributed by atoms with Gasteiger partial charge in [-0.15, -0.1) is 0 Å². The SMILES string of the molecule is CC(=O)c1ccc(O)c(CN2CCCN(CCO)CC2)c1. The van der Waals surface area contributed by atoms with E-state index < -0.39 is 0 Å². The molecule has 1 heterocycles. The summed E-state index contributed by atoms with van der Waals surface area (Å²) in [6.45, 7) is 6.90. The molecule has 21 heavy (non-hydrogen) atoms. The van der Waals surface area contributed by atoms with Crippen molar-refractivity contribution in [3.05, 3.63) is 29.3 Å². The number of carbonyl (C=O) groups is 1. The molecule has 0 aromatic heterocycles. The molecule has 0 spiro atoms. The minimum atomic E-state index is 0.0150. The summed E-state index contributed by atoms with van der Waals surface area (Å²) < 4.78 is 0. The Bertz CT molecular complexity index is 490. The third-order valence-electron chi connectivity index (χ3n) is 3.98. The van der Waals surface area contributed by atoms with Gasteiger partial charge < -0.3 is 10.2 Å². The van der Waals surface area contributed by atoms with Gasteiger partial charge in [0.25, 0.3) is 0 Å². The predicted molar refractivity (Wildman–Crippen MR) is 81.5 cm³/mol. The second kappa shape index (κ2) is 7.54. The third kappa shape index (κ3) is 4.52. The molecular weight excluding hydrogens is 268 g/mol. The highest BCUT2D eigenvalue weighted by Crippen LogP contribution is 2.21. The van der Waals surface area contributed by atoms with E-state index in [1.54, 1.807) is 18.2 Å². The van der Waals surface area contributed by atoms with Gasteiger partial charge in [0.05, 0.1) is 6.61 Å². The molecule has 1 aromatic carbocycles. The van der Waals surface area contributed by atoms with Crippen LogP contribution in [0.5, 0.6) is 5.75 Å². The highest BCUT2D eigenvalue weighted by Gasteiger charge is 2.16. The molecule has 1 fully saturated rings. The minimum Gasteiger partial charge on any atom is -0.508 e. The van der Waals surface area contributed by atoms with Crippen LogP contribution in [0.4, 0.5) is 0 Å². The van der Waals surface area contributed by atoms with Crippen molar-refractivity contribution in [2.24, 2.45) is 0 Å².